The van der Waals surface area contributed by atoms with Crippen LogP contribution in [0.25, 0.3) is 67.6 Å². The van der Waals surface area contributed by atoms with Gasteiger partial charge in [0.05, 0.1) is 64.4 Å². The monoisotopic (exact) mass is 1680 g/mol. The lowest BCUT2D eigenvalue weighted by Crippen LogP contribution is -2.43. The number of benzene rings is 9. The van der Waals surface area contributed by atoms with Crippen molar-refractivity contribution in [3.8, 4) is 73.8 Å². The molecular formula is C103H107N17O6. The lowest BCUT2D eigenvalue weighted by atomic mass is 10.1. The van der Waals surface area contributed by atoms with Gasteiger partial charge in [-0.2, -0.15) is 20.4 Å². The molecule has 0 bridgehead atoms. The molecule has 23 heteroatoms. The van der Waals surface area contributed by atoms with E-state index in [0.717, 1.165) is 223 Å². The number of pyridine rings is 4. The Morgan fingerprint density at radius 1 is 0.325 bits per heavy atom. The molecule has 10 heterocycles. The van der Waals surface area contributed by atoms with E-state index in [-0.39, 0.29) is 0 Å². The molecule has 2 fully saturated rings. The smallest absolute Gasteiger partial charge is 0.156 e. The summed E-state index contributed by atoms with van der Waals surface area (Å²) < 4.78 is 40.0. The molecule has 2 saturated heterocycles. The zero-order valence-corrected chi connectivity index (χ0v) is 72.1. The van der Waals surface area contributed by atoms with E-state index in [1.54, 1.807) is 28.4 Å². The number of aromatic nitrogens is 12. The molecule has 0 amide bonds. The van der Waals surface area contributed by atoms with E-state index in [2.05, 4.69) is 172 Å². The van der Waals surface area contributed by atoms with Crippen LogP contribution < -0.4 is 49.4 Å². The first kappa shape index (κ1) is 85.5. The number of nitrogens with zero attached hydrogens (tertiary/aromatic N) is 14. The summed E-state index contributed by atoms with van der Waals surface area (Å²) >= 11 is 0. The van der Waals surface area contributed by atoms with Crippen LogP contribution in [-0.4, -0.2) is 166 Å². The zero-order chi connectivity index (χ0) is 86.0. The summed E-state index contributed by atoms with van der Waals surface area (Å²) in [6.45, 7) is 14.3. The Labute approximate surface area is 735 Å². The van der Waals surface area contributed by atoms with Crippen LogP contribution in [0.5, 0.6) is 28.7 Å². The van der Waals surface area contributed by atoms with Gasteiger partial charge in [0.2, 0.25) is 0 Å². The minimum atomic E-state index is 0.668. The maximum absolute atomic E-state index is 5.78. The van der Waals surface area contributed by atoms with E-state index in [4.69, 9.17) is 68.8 Å². The van der Waals surface area contributed by atoms with Gasteiger partial charge in [0.15, 0.2) is 45.9 Å². The molecule has 0 atom stereocenters. The predicted octanol–water partition coefficient (Wildman–Crippen LogP) is 17.3. The topological polar surface area (TPSA) is 219 Å². The van der Waals surface area contributed by atoms with Crippen molar-refractivity contribution in [2.45, 2.75) is 58.4 Å². The molecule has 0 unspecified atom stereocenters. The molecule has 0 radical (unpaired) electrons. The highest BCUT2D eigenvalue weighted by molar-refractivity contribution is 5.68. The maximum Gasteiger partial charge on any atom is 0.156 e. The number of ether oxygens (including phenoxy) is 6. The van der Waals surface area contributed by atoms with Crippen LogP contribution in [0, 0.1) is 0 Å². The SMILES string of the molecule is CCCNCCOc1ccc(Cc2nc3cccc(-c4ccc(OC)cc4)n3n2)cc1.COc1ccc(-c2cccc3nc(Cc4ccc(CCCNCc5ccccc5)cc4)nn23)cc1.COc1ccc(-c2cccc3nc(Cc4ccc(N5CCNCC5)cc4)nn23)cc1.COc1ccc(-c2cccc3nc(Cc4ccc(N5CCOCC5)cc4)nn23)cc1. The van der Waals surface area contributed by atoms with Crippen LogP contribution >= 0.6 is 0 Å². The highest BCUT2D eigenvalue weighted by Crippen LogP contribution is 2.30. The fourth-order valence-corrected chi connectivity index (χ4v) is 15.5. The van der Waals surface area contributed by atoms with E-state index < -0.39 is 0 Å². The lowest BCUT2D eigenvalue weighted by Gasteiger charge is -2.29. The first-order valence-electron chi connectivity index (χ1n) is 43.3. The van der Waals surface area contributed by atoms with E-state index in [9.17, 15) is 0 Å². The number of rotatable bonds is 30. The van der Waals surface area contributed by atoms with Gasteiger partial charge in [-0.1, -0.05) is 122 Å². The summed E-state index contributed by atoms with van der Waals surface area (Å²) in [6.07, 6.45) is 6.12. The Balaban J connectivity index is 0.000000124. The second kappa shape index (κ2) is 42.8. The predicted molar refractivity (Wildman–Crippen MR) is 500 cm³/mol. The van der Waals surface area contributed by atoms with Gasteiger partial charge in [-0.3, -0.25) is 0 Å². The minimum Gasteiger partial charge on any atom is -0.497 e. The van der Waals surface area contributed by atoms with Crippen molar-refractivity contribution in [2.75, 3.05) is 117 Å². The summed E-state index contributed by atoms with van der Waals surface area (Å²) in [6, 6.07) is 101. The molecule has 23 nitrogen and oxygen atoms in total. The molecule has 9 aromatic carbocycles. The number of piperazine rings is 1. The summed E-state index contributed by atoms with van der Waals surface area (Å²) in [5, 5.41) is 29.4. The Kier molecular flexibility index (Phi) is 29.0. The summed E-state index contributed by atoms with van der Waals surface area (Å²) in [4.78, 5) is 23.7. The van der Waals surface area contributed by atoms with Crippen LogP contribution in [-0.2, 0) is 43.4 Å². The summed E-state index contributed by atoms with van der Waals surface area (Å²) in [5.41, 5.74) is 21.7. The van der Waals surface area contributed by atoms with Crippen molar-refractivity contribution in [3.05, 3.63) is 354 Å². The second-order valence-electron chi connectivity index (χ2n) is 31.0. The first-order chi connectivity index (χ1) is 62.1. The first-order valence-corrected chi connectivity index (χ1v) is 43.3. The van der Waals surface area contributed by atoms with E-state index in [1.165, 1.54) is 39.2 Å². The van der Waals surface area contributed by atoms with Crippen LogP contribution in [0.2, 0.25) is 0 Å². The van der Waals surface area contributed by atoms with E-state index in [0.29, 0.717) is 32.3 Å². The third-order valence-electron chi connectivity index (χ3n) is 22.2. The zero-order valence-electron chi connectivity index (χ0n) is 72.1. The Bertz CT molecular complexity index is 6070. The van der Waals surface area contributed by atoms with Crippen molar-refractivity contribution in [1.82, 2.24) is 74.3 Å². The van der Waals surface area contributed by atoms with E-state index >= 15 is 0 Å². The number of morpholine rings is 1. The molecule has 0 spiro atoms. The fraction of sp³-hybridized carbons (Fsp3) is 0.243. The maximum atomic E-state index is 5.78. The van der Waals surface area contributed by atoms with E-state index in [1.807, 2.05) is 176 Å². The van der Waals surface area contributed by atoms with Gasteiger partial charge in [-0.05, 0) is 248 Å². The molecule has 640 valence electrons. The largest absolute Gasteiger partial charge is 0.497 e. The number of hydrogen-bond donors (Lipinski definition) is 3. The Hall–Kier alpha value is -14.1. The Morgan fingerprint density at radius 2 is 0.667 bits per heavy atom. The average Bonchev–Trinajstić information content (AvgIpc) is 1.66. The molecule has 17 aromatic rings. The molecule has 2 aliphatic rings. The third-order valence-corrected chi connectivity index (χ3v) is 22.2. The summed E-state index contributed by atoms with van der Waals surface area (Å²) in [5.74, 6) is 7.49. The Morgan fingerprint density at radius 3 is 1.03 bits per heavy atom. The van der Waals surface area contributed by atoms with Gasteiger partial charge < -0.3 is 54.2 Å². The van der Waals surface area contributed by atoms with Gasteiger partial charge in [0.1, 0.15) is 35.4 Å². The number of fused-ring (bicyclic) bond motifs is 4. The van der Waals surface area contributed by atoms with Crippen LogP contribution in [0.3, 0.4) is 0 Å². The van der Waals surface area contributed by atoms with Crippen molar-refractivity contribution in [2.24, 2.45) is 0 Å². The van der Waals surface area contributed by atoms with Crippen LogP contribution in [0.15, 0.2) is 297 Å². The fourth-order valence-electron chi connectivity index (χ4n) is 15.5. The molecule has 3 N–H and O–H groups in total. The highest BCUT2D eigenvalue weighted by Gasteiger charge is 2.19. The molecule has 126 heavy (non-hydrogen) atoms. The average molecular weight is 1680 g/mol. The lowest BCUT2D eigenvalue weighted by molar-refractivity contribution is 0.122. The van der Waals surface area contributed by atoms with Gasteiger partial charge in [-0.15, -0.1) is 0 Å². The van der Waals surface area contributed by atoms with Crippen molar-refractivity contribution in [1.29, 1.82) is 0 Å². The van der Waals surface area contributed by atoms with Gasteiger partial charge in [-0.25, -0.2) is 38.0 Å². The normalized spacial score (nSPS) is 12.6. The molecule has 8 aromatic heterocycles. The standard InChI is InChI=1S/C30H30N4O.C25H28N4O2.C24H25N5O.C24H24N4O2/c1-35-27-18-16-26(17-19-27)28-10-5-11-30-32-29(33-34(28)30)21-24-14-12-23(13-15-24)9-6-20-31-22-25-7-3-2-4-8-25;1-3-15-26-16-17-31-22-11-7-19(8-12-22)18-24-27-25-6-4-5-23(29(25)28-24)20-9-13-21(30-2)14-10-20;1-30-21-11-7-19(8-12-21)22-3-2-4-24-26-23(27-29(22)24)17-18-5-9-20(10-6-18)28-15-13-25-14-16-28;1-29-21-11-7-19(8-12-21)22-3-2-4-24-25-23(26-28(22)24)17-18-5-9-20(10-6-18)27-13-15-30-16-14-27/h2-5,7-8,10-19,31H,6,9,20-22H2,1H3;4-14,26H,3,15-18H2,1-2H3;2-12,25H,13-17H2,1H3;2-12H,13-17H2,1H3. The molecule has 19 rings (SSSR count). The summed E-state index contributed by atoms with van der Waals surface area (Å²) in [7, 11) is 6.70. The quantitative estimate of drug-likeness (QED) is 0.0356. The number of aryl methyl sites for hydroxylation is 1. The molecule has 0 aliphatic carbocycles. The number of hydrogen-bond acceptors (Lipinski definition) is 19. The van der Waals surface area contributed by atoms with Crippen LogP contribution in [0.4, 0.5) is 11.4 Å². The van der Waals surface area contributed by atoms with Crippen molar-refractivity contribution in [3.63, 3.8) is 0 Å². The van der Waals surface area contributed by atoms with Gasteiger partial charge in [0.25, 0.3) is 0 Å². The molecular weight excluding hydrogens is 1570 g/mol. The second-order valence-corrected chi connectivity index (χ2v) is 31.0. The number of methoxy groups -OCH3 is 4. The number of nitrogens with one attached hydrogen (secondary N) is 3. The van der Waals surface area contributed by atoms with Crippen molar-refractivity contribution >= 4 is 34.0 Å². The highest BCUT2D eigenvalue weighted by atomic mass is 16.5. The molecule has 0 saturated carbocycles. The van der Waals surface area contributed by atoms with Gasteiger partial charge >= 0.3 is 0 Å². The van der Waals surface area contributed by atoms with Crippen molar-refractivity contribution < 1.29 is 28.4 Å². The van der Waals surface area contributed by atoms with Gasteiger partial charge in [0, 0.05) is 112 Å². The number of anilines is 2. The molecule has 2 aliphatic heterocycles. The van der Waals surface area contributed by atoms with Crippen LogP contribution in [0.1, 0.15) is 76.4 Å². The minimum absolute atomic E-state index is 0.668. The third kappa shape index (κ3) is 22.5.